The van der Waals surface area contributed by atoms with Gasteiger partial charge in [0.25, 0.3) is 5.91 Å². The number of anilines is 1. The topological polar surface area (TPSA) is 109 Å². The number of hydroxylamine groups is 1. The molecule has 0 spiro atoms. The van der Waals surface area contributed by atoms with E-state index in [1.54, 1.807) is 25.0 Å². The number of ether oxygens (including phenoxy) is 1. The zero-order valence-electron chi connectivity index (χ0n) is 15.7. The summed E-state index contributed by atoms with van der Waals surface area (Å²) in [5.74, 6) is 5.67. The summed E-state index contributed by atoms with van der Waals surface area (Å²) in [5, 5.41) is 11.9. The van der Waals surface area contributed by atoms with Crippen LogP contribution in [0.1, 0.15) is 21.6 Å². The fourth-order valence-electron chi connectivity index (χ4n) is 2.42. The van der Waals surface area contributed by atoms with E-state index in [4.69, 9.17) is 9.94 Å². The molecule has 1 aromatic carbocycles. The summed E-state index contributed by atoms with van der Waals surface area (Å²) >= 11 is 0. The third-order valence-electron chi connectivity index (χ3n) is 3.84. The molecule has 146 valence electrons. The Bertz CT molecular complexity index is 1030. The number of rotatable bonds is 6. The second-order valence-corrected chi connectivity index (χ2v) is 5.89. The van der Waals surface area contributed by atoms with Crippen molar-refractivity contribution in [2.45, 2.75) is 0 Å². The fourth-order valence-corrected chi connectivity index (χ4v) is 2.42. The van der Waals surface area contributed by atoms with Gasteiger partial charge in [0.1, 0.15) is 5.69 Å². The van der Waals surface area contributed by atoms with Crippen molar-refractivity contribution in [3.8, 4) is 23.1 Å². The lowest BCUT2D eigenvalue weighted by Gasteiger charge is -2.09. The van der Waals surface area contributed by atoms with Crippen LogP contribution in [0, 0.1) is 11.8 Å². The largest absolute Gasteiger partial charge is 0.383 e. The molecule has 0 saturated carbocycles. The van der Waals surface area contributed by atoms with Crippen LogP contribution in [-0.2, 0) is 4.74 Å². The van der Waals surface area contributed by atoms with Crippen LogP contribution in [0.15, 0.2) is 54.9 Å². The first-order valence-electron chi connectivity index (χ1n) is 8.78. The lowest BCUT2D eigenvalue weighted by atomic mass is 10.1. The van der Waals surface area contributed by atoms with Crippen LogP contribution < -0.4 is 10.8 Å². The van der Waals surface area contributed by atoms with Crippen LogP contribution in [-0.4, -0.2) is 46.3 Å². The molecule has 0 bridgehead atoms. The number of methoxy groups -OCH3 is 1. The van der Waals surface area contributed by atoms with E-state index < -0.39 is 5.91 Å². The molecule has 3 N–H and O–H groups in total. The summed E-state index contributed by atoms with van der Waals surface area (Å²) in [5.41, 5.74) is 4.61. The molecule has 0 saturated heterocycles. The van der Waals surface area contributed by atoms with Gasteiger partial charge in [-0.05, 0) is 30.3 Å². The minimum Gasteiger partial charge on any atom is -0.383 e. The second kappa shape index (κ2) is 9.94. The Morgan fingerprint density at radius 1 is 1.14 bits per heavy atom. The summed E-state index contributed by atoms with van der Waals surface area (Å²) < 4.78 is 4.99. The molecule has 0 aliphatic heterocycles. The van der Waals surface area contributed by atoms with Gasteiger partial charge in [-0.1, -0.05) is 24.0 Å². The van der Waals surface area contributed by atoms with Gasteiger partial charge in [0.05, 0.1) is 12.3 Å². The summed E-state index contributed by atoms with van der Waals surface area (Å²) in [6.45, 7) is 0.933. The highest BCUT2D eigenvalue weighted by Crippen LogP contribution is 2.20. The number of carbonyl (C=O) groups is 1. The Morgan fingerprint density at radius 2 is 1.93 bits per heavy atom. The minimum absolute atomic E-state index is 0.0397. The molecule has 3 rings (SSSR count). The highest BCUT2D eigenvalue weighted by molar-refractivity contribution is 5.92. The van der Waals surface area contributed by atoms with E-state index in [1.807, 2.05) is 36.4 Å². The first-order chi connectivity index (χ1) is 14.2. The van der Waals surface area contributed by atoms with Crippen LogP contribution in [0.4, 0.5) is 5.95 Å². The third-order valence-corrected chi connectivity index (χ3v) is 3.84. The zero-order chi connectivity index (χ0) is 20.5. The van der Waals surface area contributed by atoms with Crippen molar-refractivity contribution in [3.05, 3.63) is 71.7 Å². The molecule has 0 fully saturated rings. The van der Waals surface area contributed by atoms with Gasteiger partial charge in [0, 0.05) is 42.7 Å². The van der Waals surface area contributed by atoms with Gasteiger partial charge < -0.3 is 10.1 Å². The van der Waals surface area contributed by atoms with Gasteiger partial charge in [-0.3, -0.25) is 15.0 Å². The minimum atomic E-state index is -0.720. The molecule has 2 heterocycles. The molecule has 8 heteroatoms. The van der Waals surface area contributed by atoms with Gasteiger partial charge in [-0.15, -0.1) is 0 Å². The van der Waals surface area contributed by atoms with Crippen molar-refractivity contribution in [3.63, 3.8) is 0 Å². The maximum atomic E-state index is 11.8. The number of amides is 1. The molecule has 0 aliphatic carbocycles. The number of hydrogen-bond acceptors (Lipinski definition) is 7. The maximum absolute atomic E-state index is 11.8. The van der Waals surface area contributed by atoms with Gasteiger partial charge >= 0.3 is 0 Å². The Hall–Kier alpha value is -3.80. The van der Waals surface area contributed by atoms with E-state index in [9.17, 15) is 4.79 Å². The number of hydrogen-bond donors (Lipinski definition) is 3. The SMILES string of the molecule is COCCNc1nc(C(=O)NO)cc(-c2ccc(C#Cc3cccnc3)cc2)n1. The van der Waals surface area contributed by atoms with Crippen molar-refractivity contribution in [1.29, 1.82) is 0 Å². The van der Waals surface area contributed by atoms with E-state index in [0.29, 0.717) is 18.8 Å². The Balaban J connectivity index is 1.85. The van der Waals surface area contributed by atoms with Crippen molar-refractivity contribution in [2.24, 2.45) is 0 Å². The monoisotopic (exact) mass is 389 g/mol. The summed E-state index contributed by atoms with van der Waals surface area (Å²) in [6, 6.07) is 12.7. The van der Waals surface area contributed by atoms with Crippen LogP contribution in [0.5, 0.6) is 0 Å². The summed E-state index contributed by atoms with van der Waals surface area (Å²) in [6.07, 6.45) is 3.40. The lowest BCUT2D eigenvalue weighted by Crippen LogP contribution is -2.21. The average Bonchev–Trinajstić information content (AvgIpc) is 2.78. The van der Waals surface area contributed by atoms with Gasteiger partial charge in [-0.25, -0.2) is 15.4 Å². The van der Waals surface area contributed by atoms with Crippen molar-refractivity contribution >= 4 is 11.9 Å². The molecular weight excluding hydrogens is 370 g/mol. The quantitative estimate of drug-likeness (QED) is 0.256. The van der Waals surface area contributed by atoms with E-state index in [-0.39, 0.29) is 11.6 Å². The first-order valence-corrected chi connectivity index (χ1v) is 8.78. The molecule has 3 aromatic rings. The number of nitrogens with one attached hydrogen (secondary N) is 2. The van der Waals surface area contributed by atoms with Gasteiger partial charge in [0.15, 0.2) is 0 Å². The van der Waals surface area contributed by atoms with Crippen molar-refractivity contribution in [2.75, 3.05) is 25.6 Å². The van der Waals surface area contributed by atoms with Crippen molar-refractivity contribution in [1.82, 2.24) is 20.4 Å². The highest BCUT2D eigenvalue weighted by Gasteiger charge is 2.12. The van der Waals surface area contributed by atoms with Crippen LogP contribution in [0.2, 0.25) is 0 Å². The number of pyridine rings is 1. The standard InChI is InChI=1S/C21H19N5O3/c1-29-12-11-23-21-24-18(13-19(25-21)20(27)26-28)17-8-6-15(7-9-17)4-5-16-3-2-10-22-14-16/h2-3,6-10,13-14,28H,11-12H2,1H3,(H,26,27)(H,23,24,25). The molecule has 0 unspecified atom stereocenters. The van der Waals surface area contributed by atoms with Gasteiger partial charge in [-0.2, -0.15) is 0 Å². The summed E-state index contributed by atoms with van der Waals surface area (Å²) in [4.78, 5) is 24.4. The first kappa shape index (κ1) is 19.9. The lowest BCUT2D eigenvalue weighted by molar-refractivity contribution is 0.0701. The predicted molar refractivity (Wildman–Crippen MR) is 107 cm³/mol. The normalized spacial score (nSPS) is 10.0. The van der Waals surface area contributed by atoms with Crippen molar-refractivity contribution < 1.29 is 14.7 Å². The molecule has 1 amide bonds. The van der Waals surface area contributed by atoms with Gasteiger partial charge in [0.2, 0.25) is 5.95 Å². The molecule has 8 nitrogen and oxygen atoms in total. The molecule has 0 atom stereocenters. The van der Waals surface area contributed by atoms with Crippen LogP contribution in [0.3, 0.4) is 0 Å². The van der Waals surface area contributed by atoms with E-state index >= 15 is 0 Å². The number of nitrogens with zero attached hydrogens (tertiary/aromatic N) is 3. The predicted octanol–water partition coefficient (Wildman–Crippen LogP) is 2.12. The van der Waals surface area contributed by atoms with E-state index in [0.717, 1.165) is 16.7 Å². The van der Waals surface area contributed by atoms with Crippen LogP contribution in [0.25, 0.3) is 11.3 Å². The van der Waals surface area contributed by atoms with E-state index in [2.05, 4.69) is 32.1 Å². The highest BCUT2D eigenvalue weighted by atomic mass is 16.5. The Labute approximate surface area is 168 Å². The van der Waals surface area contributed by atoms with E-state index in [1.165, 1.54) is 6.07 Å². The van der Waals surface area contributed by atoms with Crippen LogP contribution >= 0.6 is 0 Å². The number of aromatic nitrogens is 3. The number of carbonyl (C=O) groups excluding carboxylic acids is 1. The Kier molecular flexibility index (Phi) is 6.84. The molecule has 0 radical (unpaired) electrons. The molecule has 2 aromatic heterocycles. The Morgan fingerprint density at radius 3 is 2.62 bits per heavy atom. The molecule has 29 heavy (non-hydrogen) atoms. The number of benzene rings is 1. The molecular formula is C21H19N5O3. The maximum Gasteiger partial charge on any atom is 0.293 e. The second-order valence-electron chi connectivity index (χ2n) is 5.89. The third kappa shape index (κ3) is 5.59. The fraction of sp³-hybridized carbons (Fsp3) is 0.143. The average molecular weight is 389 g/mol. The zero-order valence-corrected chi connectivity index (χ0v) is 15.7. The summed E-state index contributed by atoms with van der Waals surface area (Å²) in [7, 11) is 1.59. The smallest absolute Gasteiger partial charge is 0.293 e. The molecule has 0 aliphatic rings.